The van der Waals surface area contributed by atoms with E-state index in [0.29, 0.717) is 12.1 Å². The Hall–Kier alpha value is -0.930. The Kier molecular flexibility index (Phi) is 5.55. The highest BCUT2D eigenvalue weighted by molar-refractivity contribution is 7.10. The average Bonchev–Trinajstić information content (AvgIpc) is 2.85. The van der Waals surface area contributed by atoms with Crippen molar-refractivity contribution in [2.45, 2.75) is 32.5 Å². The lowest BCUT2D eigenvalue weighted by molar-refractivity contribution is 0.0182. The van der Waals surface area contributed by atoms with E-state index in [4.69, 9.17) is 10.00 Å². The van der Waals surface area contributed by atoms with Crippen molar-refractivity contribution in [1.82, 2.24) is 9.80 Å². The van der Waals surface area contributed by atoms with Crippen LogP contribution in [0.5, 0.6) is 0 Å². The maximum atomic E-state index is 8.88. The van der Waals surface area contributed by atoms with Gasteiger partial charge in [0.05, 0.1) is 12.2 Å². The second-order valence-corrected chi connectivity index (χ2v) is 6.53. The maximum absolute atomic E-state index is 8.88. The fourth-order valence-electron chi connectivity index (χ4n) is 2.98. The zero-order chi connectivity index (χ0) is 14.5. The van der Waals surface area contributed by atoms with Crippen LogP contribution in [0.1, 0.15) is 24.3 Å². The van der Waals surface area contributed by atoms with Gasteiger partial charge in [0.25, 0.3) is 0 Å². The molecule has 5 heteroatoms. The number of rotatable bonds is 5. The first kappa shape index (κ1) is 15.5. The van der Waals surface area contributed by atoms with E-state index in [9.17, 15) is 0 Å². The molecule has 0 aromatic carbocycles. The molecule has 0 amide bonds. The largest absolute Gasteiger partial charge is 0.383 e. The van der Waals surface area contributed by atoms with Crippen LogP contribution in [0.25, 0.3) is 0 Å². The lowest BCUT2D eigenvalue weighted by atomic mass is 10.1. The summed E-state index contributed by atoms with van der Waals surface area (Å²) in [6.07, 6.45) is 0. The third-order valence-corrected chi connectivity index (χ3v) is 4.81. The predicted octanol–water partition coefficient (Wildman–Crippen LogP) is 2.16. The van der Waals surface area contributed by atoms with Gasteiger partial charge in [-0.05, 0) is 19.9 Å². The third kappa shape index (κ3) is 3.80. The molecule has 0 aliphatic carbocycles. The van der Waals surface area contributed by atoms with Gasteiger partial charge < -0.3 is 4.74 Å². The summed E-state index contributed by atoms with van der Waals surface area (Å²) in [5, 5.41) is 10.8. The molecule has 0 N–H and O–H groups in total. The fourth-order valence-corrected chi connectivity index (χ4v) is 3.83. The van der Waals surface area contributed by atoms with Crippen molar-refractivity contribution >= 4 is 11.3 Å². The van der Waals surface area contributed by atoms with Crippen LogP contribution in [-0.4, -0.2) is 55.2 Å². The second kappa shape index (κ2) is 7.19. The van der Waals surface area contributed by atoms with Crippen molar-refractivity contribution in [2.24, 2.45) is 0 Å². The van der Waals surface area contributed by atoms with Crippen LogP contribution in [0.4, 0.5) is 0 Å². The van der Waals surface area contributed by atoms with Gasteiger partial charge in [-0.1, -0.05) is 0 Å². The molecule has 20 heavy (non-hydrogen) atoms. The molecule has 2 atom stereocenters. The van der Waals surface area contributed by atoms with Crippen molar-refractivity contribution < 1.29 is 4.74 Å². The molecule has 0 spiro atoms. The average molecular weight is 293 g/mol. The van der Waals surface area contributed by atoms with E-state index in [0.717, 1.165) is 38.3 Å². The quantitative estimate of drug-likeness (QED) is 0.834. The van der Waals surface area contributed by atoms with Gasteiger partial charge in [0.1, 0.15) is 6.07 Å². The van der Waals surface area contributed by atoms with E-state index in [1.165, 1.54) is 4.88 Å². The SMILES string of the molecule is COCCN1[C@H](C)CN(Cc2cc(C#N)cs2)C[C@H]1C. The number of nitriles is 1. The summed E-state index contributed by atoms with van der Waals surface area (Å²) in [6, 6.07) is 5.30. The van der Waals surface area contributed by atoms with Gasteiger partial charge in [-0.15, -0.1) is 11.3 Å². The molecule has 1 aromatic rings. The van der Waals surface area contributed by atoms with E-state index in [1.807, 2.05) is 11.4 Å². The third-order valence-electron chi connectivity index (χ3n) is 3.89. The summed E-state index contributed by atoms with van der Waals surface area (Å²) in [4.78, 5) is 6.30. The highest BCUT2D eigenvalue weighted by atomic mass is 32.1. The predicted molar refractivity (Wildman–Crippen MR) is 81.8 cm³/mol. The molecule has 0 saturated carbocycles. The summed E-state index contributed by atoms with van der Waals surface area (Å²) in [5.41, 5.74) is 0.782. The van der Waals surface area contributed by atoms with Gasteiger partial charge in [-0.2, -0.15) is 5.26 Å². The van der Waals surface area contributed by atoms with E-state index >= 15 is 0 Å². The van der Waals surface area contributed by atoms with Crippen LogP contribution in [-0.2, 0) is 11.3 Å². The molecule has 110 valence electrons. The number of ether oxygens (including phenoxy) is 1. The van der Waals surface area contributed by atoms with Gasteiger partial charge in [0.15, 0.2) is 0 Å². The zero-order valence-corrected chi connectivity index (χ0v) is 13.3. The number of piperazine rings is 1. The smallest absolute Gasteiger partial charge is 0.100 e. The Bertz CT molecular complexity index is 456. The number of nitrogens with zero attached hydrogens (tertiary/aromatic N) is 3. The monoisotopic (exact) mass is 293 g/mol. The summed E-state index contributed by atoms with van der Waals surface area (Å²) in [7, 11) is 1.76. The minimum absolute atomic E-state index is 0.546. The molecular weight excluding hydrogens is 270 g/mol. The van der Waals surface area contributed by atoms with E-state index in [-0.39, 0.29) is 0 Å². The first-order chi connectivity index (χ1) is 9.63. The second-order valence-electron chi connectivity index (χ2n) is 5.54. The van der Waals surface area contributed by atoms with Crippen LogP contribution in [0.2, 0.25) is 0 Å². The Labute approximate surface area is 125 Å². The highest BCUT2D eigenvalue weighted by Gasteiger charge is 2.29. The van der Waals surface area contributed by atoms with Gasteiger partial charge in [-0.3, -0.25) is 9.80 Å². The first-order valence-corrected chi connectivity index (χ1v) is 7.96. The summed E-state index contributed by atoms with van der Waals surface area (Å²) >= 11 is 1.69. The van der Waals surface area contributed by atoms with E-state index in [2.05, 4.69) is 29.7 Å². The molecule has 1 saturated heterocycles. The van der Waals surface area contributed by atoms with Gasteiger partial charge in [-0.25, -0.2) is 0 Å². The Morgan fingerprint density at radius 1 is 1.40 bits per heavy atom. The molecule has 0 bridgehead atoms. The molecule has 0 unspecified atom stereocenters. The standard InChI is InChI=1S/C15H23N3OS/c1-12-8-17(9-13(2)18(12)4-5-19-3)10-15-6-14(7-16)11-20-15/h6,11-13H,4-5,8-10H2,1-3H3/t12-,13-/m1/s1. The number of hydrogen-bond donors (Lipinski definition) is 0. The molecule has 2 rings (SSSR count). The zero-order valence-electron chi connectivity index (χ0n) is 12.5. The maximum Gasteiger partial charge on any atom is 0.100 e. The highest BCUT2D eigenvalue weighted by Crippen LogP contribution is 2.21. The lowest BCUT2D eigenvalue weighted by Crippen LogP contribution is -2.56. The molecule has 1 aliphatic heterocycles. The molecule has 1 fully saturated rings. The minimum atomic E-state index is 0.546. The summed E-state index contributed by atoms with van der Waals surface area (Å²) in [6.45, 7) is 9.48. The number of thiophene rings is 1. The molecule has 4 nitrogen and oxygen atoms in total. The van der Waals surface area contributed by atoms with Crippen molar-refractivity contribution in [3.05, 3.63) is 21.9 Å². The summed E-state index contributed by atoms with van der Waals surface area (Å²) in [5.74, 6) is 0. The Balaban J connectivity index is 1.91. The van der Waals surface area contributed by atoms with Crippen LogP contribution in [0.3, 0.4) is 0 Å². The number of hydrogen-bond acceptors (Lipinski definition) is 5. The van der Waals surface area contributed by atoms with Gasteiger partial charge in [0.2, 0.25) is 0 Å². The normalized spacial score (nSPS) is 24.7. The van der Waals surface area contributed by atoms with Crippen LogP contribution >= 0.6 is 11.3 Å². The van der Waals surface area contributed by atoms with Crippen LogP contribution < -0.4 is 0 Å². The molecule has 1 aliphatic rings. The van der Waals surface area contributed by atoms with Crippen molar-refractivity contribution in [2.75, 3.05) is 33.4 Å². The van der Waals surface area contributed by atoms with Crippen molar-refractivity contribution in [3.63, 3.8) is 0 Å². The van der Waals surface area contributed by atoms with Crippen molar-refractivity contribution in [1.29, 1.82) is 5.26 Å². The van der Waals surface area contributed by atoms with Gasteiger partial charge >= 0.3 is 0 Å². The fraction of sp³-hybridized carbons (Fsp3) is 0.667. The van der Waals surface area contributed by atoms with E-state index < -0.39 is 0 Å². The molecular formula is C15H23N3OS. The number of methoxy groups -OCH3 is 1. The summed E-state index contributed by atoms with van der Waals surface area (Å²) < 4.78 is 5.19. The Morgan fingerprint density at radius 3 is 2.65 bits per heavy atom. The molecule has 1 aromatic heterocycles. The first-order valence-electron chi connectivity index (χ1n) is 7.08. The van der Waals surface area contributed by atoms with Crippen molar-refractivity contribution in [3.8, 4) is 6.07 Å². The topological polar surface area (TPSA) is 39.5 Å². The van der Waals surface area contributed by atoms with E-state index in [1.54, 1.807) is 18.4 Å². The van der Waals surface area contributed by atoms with Gasteiger partial charge in [0, 0.05) is 55.6 Å². The molecule has 2 heterocycles. The van der Waals surface area contributed by atoms with Crippen LogP contribution in [0.15, 0.2) is 11.4 Å². The Morgan fingerprint density at radius 2 is 2.10 bits per heavy atom. The molecule has 0 radical (unpaired) electrons. The lowest BCUT2D eigenvalue weighted by Gasteiger charge is -2.44. The van der Waals surface area contributed by atoms with Crippen LogP contribution in [0, 0.1) is 11.3 Å². The minimum Gasteiger partial charge on any atom is -0.383 e.